The van der Waals surface area contributed by atoms with Crippen molar-refractivity contribution >= 4 is 35.0 Å². The zero-order chi connectivity index (χ0) is 36.2. The van der Waals surface area contributed by atoms with E-state index in [4.69, 9.17) is 4.74 Å². The third-order valence-corrected chi connectivity index (χ3v) is 10.6. The van der Waals surface area contributed by atoms with E-state index >= 15 is 0 Å². The summed E-state index contributed by atoms with van der Waals surface area (Å²) in [6.07, 6.45) is 3.54. The van der Waals surface area contributed by atoms with Crippen LogP contribution in [0.1, 0.15) is 107 Å². The molecule has 0 spiro atoms. The maximum atomic E-state index is 14.1. The van der Waals surface area contributed by atoms with E-state index in [-0.39, 0.29) is 66.1 Å². The summed E-state index contributed by atoms with van der Waals surface area (Å²) in [6, 6.07) is 9.56. The van der Waals surface area contributed by atoms with Gasteiger partial charge in [0, 0.05) is 50.3 Å². The zero-order valence-electron chi connectivity index (χ0n) is 31.0. The average Bonchev–Trinajstić information content (AvgIpc) is 3.55. The Bertz CT molecular complexity index is 1360. The van der Waals surface area contributed by atoms with Crippen LogP contribution in [-0.4, -0.2) is 84.3 Å². The number of alkyl carbamates (subject to hydrolysis) is 1. The molecule has 1 aromatic carbocycles. The molecule has 11 heteroatoms. The fourth-order valence-corrected chi connectivity index (χ4v) is 7.65. The Labute approximate surface area is 297 Å². The molecule has 0 saturated carbocycles. The molecule has 0 bridgehead atoms. The van der Waals surface area contributed by atoms with E-state index in [0.717, 1.165) is 37.8 Å². The number of carbonyl (C=O) groups is 4. The van der Waals surface area contributed by atoms with Gasteiger partial charge in [0.2, 0.25) is 5.91 Å². The van der Waals surface area contributed by atoms with E-state index in [0.29, 0.717) is 17.3 Å². The van der Waals surface area contributed by atoms with Crippen LogP contribution in [0.25, 0.3) is 0 Å². The molecule has 49 heavy (non-hydrogen) atoms. The molecule has 2 N–H and O–H groups in total. The third-order valence-electron chi connectivity index (χ3n) is 9.65. The Balaban J connectivity index is 1.80. The summed E-state index contributed by atoms with van der Waals surface area (Å²) < 4.78 is 5.83. The normalized spacial score (nSPS) is 17.8. The first kappa shape index (κ1) is 40.1. The van der Waals surface area contributed by atoms with Gasteiger partial charge in [0.15, 0.2) is 11.9 Å². The first-order valence-electron chi connectivity index (χ1n) is 17.9. The van der Waals surface area contributed by atoms with Crippen LogP contribution in [0.2, 0.25) is 0 Å². The predicted octanol–water partition coefficient (Wildman–Crippen LogP) is 6.52. The predicted molar refractivity (Wildman–Crippen MR) is 195 cm³/mol. The number of rotatable bonds is 17. The fourth-order valence-electron chi connectivity index (χ4n) is 6.81. The lowest BCUT2D eigenvalue weighted by Gasteiger charge is -2.37. The number of thiazole rings is 1. The molecule has 0 aliphatic carbocycles. The van der Waals surface area contributed by atoms with Crippen molar-refractivity contribution in [2.45, 2.75) is 111 Å². The highest BCUT2D eigenvalue weighted by molar-refractivity contribution is 7.09. The van der Waals surface area contributed by atoms with Crippen molar-refractivity contribution in [2.24, 2.45) is 23.7 Å². The average molecular weight is 698 g/mol. The Morgan fingerprint density at radius 1 is 1.02 bits per heavy atom. The first-order chi connectivity index (χ1) is 23.2. The van der Waals surface area contributed by atoms with E-state index in [9.17, 15) is 19.2 Å². The molecule has 2 aromatic rings. The molecular weight excluding hydrogens is 639 g/mol. The second-order valence-electron chi connectivity index (χ2n) is 14.7. The van der Waals surface area contributed by atoms with Gasteiger partial charge in [0.05, 0.1) is 6.04 Å². The standard InChI is InChI=1S/C38H59N5O5S/c1-24(2)19-28(20-27-15-11-10-12-16-27)40-35(45)30-23-49-36(41-30)34(48-38(47)39-7)22-32(26(5)6)43(9)37(46)29(25(3)4)21-33(44)31-17-13-14-18-42(31)8/h10-12,15-16,23-26,28-29,31-32,34H,13-14,17-22H2,1-9H3,(H,39,47)(H,40,45)/t28-,29+,31-,32-,34-/m1/s1. The number of benzene rings is 1. The number of ketones is 1. The minimum absolute atomic E-state index is 0.00948. The summed E-state index contributed by atoms with van der Waals surface area (Å²) in [7, 11) is 5.26. The lowest BCUT2D eigenvalue weighted by atomic mass is 9.84. The monoisotopic (exact) mass is 697 g/mol. The minimum Gasteiger partial charge on any atom is -0.439 e. The topological polar surface area (TPSA) is 121 Å². The number of nitrogens with zero attached hydrogens (tertiary/aromatic N) is 3. The number of carbonyl (C=O) groups excluding carboxylic acids is 4. The lowest BCUT2D eigenvalue weighted by molar-refractivity contribution is -0.142. The largest absolute Gasteiger partial charge is 0.439 e. The van der Waals surface area contributed by atoms with Gasteiger partial charge in [-0.15, -0.1) is 11.3 Å². The van der Waals surface area contributed by atoms with Crippen LogP contribution in [0.15, 0.2) is 35.7 Å². The Morgan fingerprint density at radius 3 is 2.31 bits per heavy atom. The highest BCUT2D eigenvalue weighted by Crippen LogP contribution is 2.32. The van der Waals surface area contributed by atoms with Crippen molar-refractivity contribution < 1.29 is 23.9 Å². The van der Waals surface area contributed by atoms with Gasteiger partial charge in [-0.05, 0) is 62.6 Å². The summed E-state index contributed by atoms with van der Waals surface area (Å²) in [5.41, 5.74) is 1.42. The van der Waals surface area contributed by atoms with Crippen LogP contribution in [0.4, 0.5) is 4.79 Å². The Hall–Kier alpha value is -3.31. The number of hydrogen-bond donors (Lipinski definition) is 2. The van der Waals surface area contributed by atoms with Crippen molar-refractivity contribution in [3.05, 3.63) is 52.0 Å². The molecule has 1 aliphatic heterocycles. The van der Waals surface area contributed by atoms with Gasteiger partial charge in [-0.1, -0.05) is 78.3 Å². The number of nitrogens with one attached hydrogen (secondary N) is 2. The molecule has 1 fully saturated rings. The van der Waals surface area contributed by atoms with Crippen LogP contribution in [0.3, 0.4) is 0 Å². The van der Waals surface area contributed by atoms with Gasteiger partial charge >= 0.3 is 6.09 Å². The van der Waals surface area contributed by atoms with Crippen LogP contribution in [0.5, 0.6) is 0 Å². The van der Waals surface area contributed by atoms with Gasteiger partial charge in [-0.25, -0.2) is 9.78 Å². The van der Waals surface area contributed by atoms with E-state index in [2.05, 4.69) is 46.5 Å². The number of hydrogen-bond acceptors (Lipinski definition) is 8. The van der Waals surface area contributed by atoms with Crippen molar-refractivity contribution in [1.29, 1.82) is 0 Å². The zero-order valence-corrected chi connectivity index (χ0v) is 31.8. The summed E-state index contributed by atoms with van der Waals surface area (Å²) in [4.78, 5) is 62.0. The fraction of sp³-hybridized carbons (Fsp3) is 0.658. The first-order valence-corrected chi connectivity index (χ1v) is 18.8. The number of amides is 3. The second kappa shape index (κ2) is 19.2. The van der Waals surface area contributed by atoms with Crippen molar-refractivity contribution in [1.82, 2.24) is 25.4 Å². The van der Waals surface area contributed by atoms with Gasteiger partial charge in [-0.2, -0.15) is 0 Å². The molecule has 0 radical (unpaired) electrons. The molecule has 2 heterocycles. The highest BCUT2D eigenvalue weighted by atomic mass is 32.1. The number of ether oxygens (including phenoxy) is 1. The SMILES string of the molecule is CNC(=O)O[C@H](C[C@H](C(C)C)N(C)C(=O)[C@@H](CC(=O)[C@H]1CCCCN1C)C(C)C)c1nc(C(=O)N[C@@H](Cc2ccccc2)CC(C)C)cs1. The molecule has 0 unspecified atom stereocenters. The third kappa shape index (κ3) is 11.9. The van der Waals surface area contributed by atoms with Crippen LogP contribution in [-0.2, 0) is 20.7 Å². The van der Waals surface area contributed by atoms with E-state index in [1.54, 1.807) is 17.3 Å². The maximum absolute atomic E-state index is 14.1. The van der Waals surface area contributed by atoms with Crippen LogP contribution >= 0.6 is 11.3 Å². The van der Waals surface area contributed by atoms with Crippen LogP contribution in [0, 0.1) is 23.7 Å². The highest BCUT2D eigenvalue weighted by Gasteiger charge is 2.37. The number of aromatic nitrogens is 1. The van der Waals surface area contributed by atoms with Crippen LogP contribution < -0.4 is 10.6 Å². The van der Waals surface area contributed by atoms with Crippen molar-refractivity contribution in [3.63, 3.8) is 0 Å². The number of likely N-dealkylation sites (tertiary alicyclic amines) is 1. The molecule has 3 rings (SSSR count). The summed E-state index contributed by atoms with van der Waals surface area (Å²) in [5.74, 6) is -0.332. The Kier molecular flexibility index (Phi) is 15.7. The molecule has 1 aromatic heterocycles. The Morgan fingerprint density at radius 2 is 1.71 bits per heavy atom. The number of Topliss-reactive ketones (excluding diaryl/α,β-unsaturated/α-hetero) is 1. The van der Waals surface area contributed by atoms with Gasteiger partial charge < -0.3 is 20.3 Å². The maximum Gasteiger partial charge on any atom is 0.407 e. The molecule has 1 aliphatic rings. The molecule has 10 nitrogen and oxygen atoms in total. The molecule has 1 saturated heterocycles. The van der Waals surface area contributed by atoms with E-state index in [1.807, 2.05) is 52.9 Å². The lowest BCUT2D eigenvalue weighted by Crippen LogP contribution is -2.48. The van der Waals surface area contributed by atoms with Crippen molar-refractivity contribution in [2.75, 3.05) is 27.7 Å². The molecule has 5 atom stereocenters. The number of piperidine rings is 1. The number of likely N-dealkylation sites (N-methyl/N-ethyl adjacent to an activating group) is 1. The smallest absolute Gasteiger partial charge is 0.407 e. The van der Waals surface area contributed by atoms with E-state index < -0.39 is 18.1 Å². The second-order valence-corrected chi connectivity index (χ2v) is 15.6. The molecular formula is C38H59N5O5S. The van der Waals surface area contributed by atoms with Gasteiger partial charge in [-0.3, -0.25) is 19.3 Å². The summed E-state index contributed by atoms with van der Waals surface area (Å²) in [6.45, 7) is 13.2. The van der Waals surface area contributed by atoms with Crippen molar-refractivity contribution in [3.8, 4) is 0 Å². The van der Waals surface area contributed by atoms with Gasteiger partial charge in [0.25, 0.3) is 5.91 Å². The minimum atomic E-state index is -0.792. The molecule has 272 valence electrons. The summed E-state index contributed by atoms with van der Waals surface area (Å²) in [5, 5.41) is 7.88. The van der Waals surface area contributed by atoms with Gasteiger partial charge in [0.1, 0.15) is 10.7 Å². The van der Waals surface area contributed by atoms with E-state index in [1.165, 1.54) is 18.4 Å². The molecule has 3 amide bonds. The quantitative estimate of drug-likeness (QED) is 0.193. The summed E-state index contributed by atoms with van der Waals surface area (Å²) >= 11 is 1.26.